The molecule has 6 aromatic carbocycles. The Bertz CT molecular complexity index is 1880. The van der Waals surface area contributed by atoms with Crippen LogP contribution in [0.3, 0.4) is 0 Å². The van der Waals surface area contributed by atoms with Gasteiger partial charge in [0, 0.05) is 21.8 Å². The van der Waals surface area contributed by atoms with Crippen molar-refractivity contribution < 1.29 is 0 Å². The molecule has 0 saturated carbocycles. The van der Waals surface area contributed by atoms with Gasteiger partial charge in [0.05, 0.1) is 0 Å². The predicted molar refractivity (Wildman–Crippen MR) is 180 cm³/mol. The highest BCUT2D eigenvalue weighted by Gasteiger charge is 2.23. The van der Waals surface area contributed by atoms with E-state index in [0.717, 1.165) is 5.52 Å². The first-order valence-electron chi connectivity index (χ1n) is 13.5. The largest absolute Gasteiger partial charge is 0.355 e. The van der Waals surface area contributed by atoms with Gasteiger partial charge in [-0.2, -0.15) is 0 Å². The number of hydrogen-bond acceptors (Lipinski definition) is 0. The maximum atomic E-state index is 4.98. The first-order valence-corrected chi connectivity index (χ1v) is 16.8. The molecule has 0 radical (unpaired) electrons. The van der Waals surface area contributed by atoms with Crippen LogP contribution in [0.5, 0.6) is 0 Å². The summed E-state index contributed by atoms with van der Waals surface area (Å²) in [5.74, 6) is 0. The summed E-state index contributed by atoms with van der Waals surface area (Å²) in [7, 11) is -0.677. The molecule has 7 aromatic rings. The Hall–Kier alpha value is -4.15. The molecule has 3 heteroatoms. The summed E-state index contributed by atoms with van der Waals surface area (Å²) < 4.78 is 0. The fraction of sp³-hybridized carbons (Fsp3) is 0. The molecule has 0 spiro atoms. The number of aromatic nitrogens is 1. The quantitative estimate of drug-likeness (QED) is 0.220. The van der Waals surface area contributed by atoms with Crippen molar-refractivity contribution in [1.82, 2.24) is 4.98 Å². The van der Waals surface area contributed by atoms with Crippen molar-refractivity contribution in [1.29, 1.82) is 0 Å². The van der Waals surface area contributed by atoms with Crippen LogP contribution in [0.25, 0.3) is 21.8 Å². The van der Waals surface area contributed by atoms with E-state index in [2.05, 4.69) is 163 Å². The van der Waals surface area contributed by atoms with E-state index in [4.69, 9.17) is 6.30 Å². The lowest BCUT2D eigenvalue weighted by molar-refractivity contribution is 1.55. The monoisotopic (exact) mass is 549 g/mol. The molecule has 1 N–H and O–H groups in total. The summed E-state index contributed by atoms with van der Waals surface area (Å²) in [6.07, 6.45) is 4.98. The Kier molecular flexibility index (Phi) is 6.49. The molecular weight excluding hydrogens is 520 g/mol. The van der Waals surface area contributed by atoms with E-state index in [-0.39, 0.29) is 0 Å². The molecule has 0 amide bonds. The molecular formula is C37H29NP2. The molecule has 0 aliphatic heterocycles. The average Bonchev–Trinajstić information content (AvgIpc) is 3.40. The number of nitrogens with one attached hydrogen (secondary N) is 1. The molecule has 0 aliphatic rings. The smallest absolute Gasteiger partial charge is 0.0465 e. The second-order valence-electron chi connectivity index (χ2n) is 10.1. The van der Waals surface area contributed by atoms with Crippen LogP contribution in [0.1, 0.15) is 0 Å². The summed E-state index contributed by atoms with van der Waals surface area (Å²) in [4.78, 5) is 3.68. The maximum Gasteiger partial charge on any atom is 0.0465 e. The number of rotatable bonds is 6. The van der Waals surface area contributed by atoms with Crippen molar-refractivity contribution in [2.75, 3.05) is 0 Å². The van der Waals surface area contributed by atoms with Crippen LogP contribution >= 0.6 is 14.8 Å². The van der Waals surface area contributed by atoms with E-state index in [0.29, 0.717) is 0 Å². The number of benzene rings is 6. The van der Waals surface area contributed by atoms with Crippen LogP contribution in [0.2, 0.25) is 0 Å². The zero-order valence-electron chi connectivity index (χ0n) is 22.1. The van der Waals surface area contributed by atoms with Gasteiger partial charge in [-0.05, 0) is 70.9 Å². The lowest BCUT2D eigenvalue weighted by atomic mass is 10.1. The zero-order chi connectivity index (χ0) is 26.9. The Morgan fingerprint density at radius 2 is 0.875 bits per heavy atom. The topological polar surface area (TPSA) is 15.8 Å². The van der Waals surface area contributed by atoms with E-state index in [1.807, 2.05) is 0 Å². The van der Waals surface area contributed by atoms with Gasteiger partial charge in [0.25, 0.3) is 0 Å². The molecule has 0 bridgehead atoms. The van der Waals surface area contributed by atoms with E-state index in [1.165, 1.54) is 48.1 Å². The van der Waals surface area contributed by atoms with Crippen LogP contribution in [-0.2, 0) is 0 Å². The maximum absolute atomic E-state index is 4.98. The van der Waals surface area contributed by atoms with E-state index in [9.17, 15) is 0 Å². The molecule has 0 aliphatic carbocycles. The van der Waals surface area contributed by atoms with Crippen LogP contribution in [0.4, 0.5) is 0 Å². The van der Waals surface area contributed by atoms with Gasteiger partial charge in [-0.15, -0.1) is 0 Å². The molecule has 40 heavy (non-hydrogen) atoms. The predicted octanol–water partition coefficient (Wildman–Crippen LogP) is 6.81. The summed E-state index contributed by atoms with van der Waals surface area (Å²) in [5, 5.41) is 10.5. The molecule has 1 heterocycles. The van der Waals surface area contributed by atoms with Gasteiger partial charge in [0.1, 0.15) is 0 Å². The highest BCUT2D eigenvalue weighted by atomic mass is 31.2. The normalized spacial score (nSPS) is 11.8. The zero-order valence-corrected chi connectivity index (χ0v) is 23.9. The number of aromatic amines is 1. The Balaban J connectivity index is 1.44. The average molecular weight is 550 g/mol. The minimum atomic E-state index is -2.07. The van der Waals surface area contributed by atoms with E-state index in [1.54, 1.807) is 0 Å². The van der Waals surface area contributed by atoms with Crippen LogP contribution in [0, 0.1) is 0 Å². The Morgan fingerprint density at radius 1 is 0.425 bits per heavy atom. The fourth-order valence-corrected chi connectivity index (χ4v) is 10.9. The van der Waals surface area contributed by atoms with Crippen molar-refractivity contribution in [2.24, 2.45) is 0 Å². The summed E-state index contributed by atoms with van der Waals surface area (Å²) in [6, 6.07) is 57.3. The summed E-state index contributed by atoms with van der Waals surface area (Å²) in [5.41, 5.74) is 2.33. The second-order valence-corrected chi connectivity index (χ2v) is 15.5. The number of hydrogen-bond donors (Lipinski definition) is 1. The summed E-state index contributed by atoms with van der Waals surface area (Å²) in [6.45, 7) is -2.07. The van der Waals surface area contributed by atoms with Crippen LogP contribution < -0.4 is 31.8 Å². The third kappa shape index (κ3) is 4.33. The standard InChI is InChI=1S/C37H29NP2/c1-40(31-18-10-4-11-19-31,32-20-12-5-13-21-32)33-23-25-37-35(27-33)34-26-30(22-24-36(34)38-37)39(28-14-6-2-7-15-28)29-16-8-3-9-17-29/h2-27,38H,1H2. The highest BCUT2D eigenvalue weighted by Crippen LogP contribution is 2.43. The number of fused-ring (bicyclic) bond motifs is 3. The Morgan fingerprint density at radius 3 is 1.40 bits per heavy atom. The van der Waals surface area contributed by atoms with Crippen molar-refractivity contribution in [3.05, 3.63) is 158 Å². The van der Waals surface area contributed by atoms with E-state index < -0.39 is 14.8 Å². The lowest BCUT2D eigenvalue weighted by Crippen LogP contribution is -2.25. The molecule has 0 fully saturated rings. The molecule has 192 valence electrons. The van der Waals surface area contributed by atoms with Gasteiger partial charge in [0.2, 0.25) is 0 Å². The van der Waals surface area contributed by atoms with Crippen LogP contribution in [-0.4, -0.2) is 11.3 Å². The third-order valence-electron chi connectivity index (χ3n) is 7.69. The van der Waals surface area contributed by atoms with Crippen molar-refractivity contribution >= 4 is 74.7 Å². The highest BCUT2D eigenvalue weighted by molar-refractivity contribution is 7.93. The minimum Gasteiger partial charge on any atom is -0.355 e. The molecule has 1 aromatic heterocycles. The molecule has 0 unspecified atom stereocenters. The first kappa shape index (κ1) is 24.9. The molecule has 1 nitrogen and oxygen atoms in total. The fourth-order valence-electron chi connectivity index (χ4n) is 5.66. The third-order valence-corrected chi connectivity index (χ3v) is 13.6. The minimum absolute atomic E-state index is 0.677. The second kappa shape index (κ2) is 10.4. The van der Waals surface area contributed by atoms with Crippen molar-refractivity contribution in [2.45, 2.75) is 0 Å². The van der Waals surface area contributed by atoms with Gasteiger partial charge in [-0.25, -0.2) is 0 Å². The van der Waals surface area contributed by atoms with Crippen molar-refractivity contribution in [3.63, 3.8) is 0 Å². The van der Waals surface area contributed by atoms with E-state index >= 15 is 0 Å². The molecule has 0 atom stereocenters. The Labute approximate surface area is 236 Å². The lowest BCUT2D eigenvalue weighted by Gasteiger charge is -2.26. The van der Waals surface area contributed by atoms with Gasteiger partial charge in [-0.3, -0.25) is 0 Å². The SMILES string of the molecule is C=P(c1ccccc1)(c1ccccc1)c1ccc2[nH]c3ccc(P(c4ccccc4)c4ccccc4)cc3c2c1. The van der Waals surface area contributed by atoms with Gasteiger partial charge < -0.3 is 4.98 Å². The first-order chi connectivity index (χ1) is 19.7. The summed E-state index contributed by atoms with van der Waals surface area (Å²) >= 11 is 0. The van der Waals surface area contributed by atoms with Crippen LogP contribution in [0.15, 0.2) is 158 Å². The molecule has 0 saturated heterocycles. The van der Waals surface area contributed by atoms with Gasteiger partial charge >= 0.3 is 0 Å². The molecule has 7 rings (SSSR count). The van der Waals surface area contributed by atoms with Gasteiger partial charge in [0.15, 0.2) is 0 Å². The van der Waals surface area contributed by atoms with Crippen molar-refractivity contribution in [3.8, 4) is 0 Å². The number of H-pyrrole nitrogens is 1. The van der Waals surface area contributed by atoms with Gasteiger partial charge in [-0.1, -0.05) is 140 Å².